The molecule has 4 nitrogen and oxygen atoms in total. The Kier molecular flexibility index (Phi) is 68.9. The zero-order valence-electron chi connectivity index (χ0n) is 4.87. The molecule has 0 unspecified atom stereocenters. The van der Waals surface area contributed by atoms with E-state index < -0.39 is 10.4 Å². The van der Waals surface area contributed by atoms with Crippen molar-refractivity contribution in [1.29, 1.82) is 0 Å². The summed E-state index contributed by atoms with van der Waals surface area (Å²) in [5.74, 6) is 0. The van der Waals surface area contributed by atoms with Crippen molar-refractivity contribution in [2.24, 2.45) is 0 Å². The molecule has 0 saturated heterocycles. The van der Waals surface area contributed by atoms with Crippen LogP contribution < -0.4 is 0 Å². The van der Waals surface area contributed by atoms with Crippen LogP contribution in [0.3, 0.4) is 0 Å². The van der Waals surface area contributed by atoms with Crippen LogP contribution in [-0.4, -0.2) is 55.3 Å². The molecule has 0 amide bonds. The molecular weight excluding hydrogens is 429 g/mol. The smallest absolute Gasteiger partial charge is 0.759 e. The van der Waals surface area contributed by atoms with E-state index >= 15 is 0 Å². The van der Waals surface area contributed by atoms with Crippen molar-refractivity contribution in [3.8, 4) is 0 Å². The summed E-state index contributed by atoms with van der Waals surface area (Å²) in [5.41, 5.74) is 0. The molecule has 0 aliphatic rings. The second kappa shape index (κ2) is 18.5. The van der Waals surface area contributed by atoms with Gasteiger partial charge in [0.25, 0.3) is 0 Å². The molecule has 2 radical (unpaired) electrons. The van der Waals surface area contributed by atoms with E-state index in [9.17, 15) is 0 Å². The first-order chi connectivity index (χ1) is 2.00. The maximum atomic E-state index is 8.52. The topological polar surface area (TPSA) is 80.3 Å². The Labute approximate surface area is 144 Å². The first-order valence-electron chi connectivity index (χ1n) is 0.667. The van der Waals surface area contributed by atoms with Gasteiger partial charge in [-0.1, -0.05) is 0 Å². The van der Waals surface area contributed by atoms with Crippen LogP contribution in [0.2, 0.25) is 0 Å². The fourth-order valence-electron chi connectivity index (χ4n) is 0. The average Bonchev–Trinajstić information content (AvgIpc) is 0.722. The Morgan fingerprint density at radius 1 is 1.10 bits per heavy atom. The molecule has 0 saturated carbocycles. The Hall–Kier alpha value is 3.73. The molecule has 0 aromatic carbocycles. The Bertz CT molecular complexity index is 108. The van der Waals surface area contributed by atoms with Crippen LogP contribution >= 0.6 is 0 Å². The van der Waals surface area contributed by atoms with Crippen LogP contribution in [0.4, 0.5) is 0 Å². The van der Waals surface area contributed by atoms with E-state index in [-0.39, 0.29) is 119 Å². The summed E-state index contributed by atoms with van der Waals surface area (Å²) >= 11 is 0. The third kappa shape index (κ3) is 97.1. The minimum atomic E-state index is -5.17. The maximum Gasteiger partial charge on any atom is 3.00 e. The van der Waals surface area contributed by atoms with Gasteiger partial charge >= 0.3 is 119 Å². The van der Waals surface area contributed by atoms with Gasteiger partial charge in [-0.25, -0.2) is 0 Å². The molecule has 0 heterocycles. The minimum Gasteiger partial charge on any atom is -0.759 e. The van der Waals surface area contributed by atoms with E-state index in [0.29, 0.717) is 0 Å². The summed E-state index contributed by atoms with van der Waals surface area (Å²) in [6, 6.07) is 0. The van der Waals surface area contributed by atoms with Crippen molar-refractivity contribution in [3.63, 3.8) is 0 Å². The first-order valence-corrected chi connectivity index (χ1v) is 2.00. The monoisotopic (exact) mass is 429 g/mol. The van der Waals surface area contributed by atoms with Crippen molar-refractivity contribution >= 4 is 48.1 Å². The van der Waals surface area contributed by atoms with E-state index in [1.807, 2.05) is 0 Å². The Morgan fingerprint density at radius 2 is 1.10 bits per heavy atom. The fourth-order valence-corrected chi connectivity index (χ4v) is 0. The van der Waals surface area contributed by atoms with Gasteiger partial charge in [0.05, 0.1) is 0 Å². The standard InChI is InChI=1S/Ca.Cd.Cr.Cu.H2O4S.Zn/c;;;;1-5(2,3)4;/h;;;;(H2,1,2,3,4);/q2*+2;+3;+2;;+2/p-2. The van der Waals surface area contributed by atoms with Crippen LogP contribution in [0.15, 0.2) is 0 Å². The average molecular weight is 429 g/mol. The molecule has 0 aromatic rings. The normalized spacial score (nSPS) is 5.80. The van der Waals surface area contributed by atoms with Crippen LogP contribution in [0.25, 0.3) is 0 Å². The van der Waals surface area contributed by atoms with Crippen LogP contribution in [-0.2, 0) is 91.6 Å². The predicted octanol–water partition coefficient (Wildman–Crippen LogP) is -1.73. The summed E-state index contributed by atoms with van der Waals surface area (Å²) < 4.78 is 34.1. The van der Waals surface area contributed by atoms with Crippen molar-refractivity contribution < 1.29 is 98.7 Å². The van der Waals surface area contributed by atoms with Gasteiger partial charge in [-0.2, -0.15) is 0 Å². The first kappa shape index (κ1) is 37.2. The quantitative estimate of drug-likeness (QED) is 0.261. The van der Waals surface area contributed by atoms with Gasteiger partial charge in [0.15, 0.2) is 0 Å². The summed E-state index contributed by atoms with van der Waals surface area (Å²) in [4.78, 5) is 0. The number of rotatable bonds is 0. The molecule has 44 valence electrons. The molecular formula is CaCdCrCuO4SZn+9. The number of hydrogen-bond acceptors (Lipinski definition) is 4. The summed E-state index contributed by atoms with van der Waals surface area (Å²) in [6.45, 7) is 0. The number of hydrogen-bond donors (Lipinski definition) is 0. The van der Waals surface area contributed by atoms with E-state index in [2.05, 4.69) is 0 Å². The molecule has 0 atom stereocenters. The largest absolute Gasteiger partial charge is 3.00 e. The molecule has 0 bridgehead atoms. The van der Waals surface area contributed by atoms with Gasteiger partial charge in [-0.3, -0.25) is 8.42 Å². The van der Waals surface area contributed by atoms with Crippen LogP contribution in [0.5, 0.6) is 0 Å². The van der Waals surface area contributed by atoms with Gasteiger partial charge < -0.3 is 9.11 Å². The third-order valence-electron chi connectivity index (χ3n) is 0. The van der Waals surface area contributed by atoms with Gasteiger partial charge in [0.1, 0.15) is 0 Å². The van der Waals surface area contributed by atoms with Crippen molar-refractivity contribution in [2.45, 2.75) is 0 Å². The van der Waals surface area contributed by atoms with Crippen LogP contribution in [0, 0.1) is 0 Å². The molecule has 0 fully saturated rings. The zero-order valence-corrected chi connectivity index (χ0v) is 17.1. The van der Waals surface area contributed by atoms with E-state index in [4.69, 9.17) is 17.5 Å². The zero-order chi connectivity index (χ0) is 4.50. The molecule has 0 N–H and O–H groups in total. The van der Waals surface area contributed by atoms with Crippen molar-refractivity contribution in [3.05, 3.63) is 0 Å². The molecule has 0 spiro atoms. The molecule has 0 rings (SSSR count). The molecule has 10 heavy (non-hydrogen) atoms. The summed E-state index contributed by atoms with van der Waals surface area (Å²) in [7, 11) is -5.17. The Balaban J connectivity index is -0.00000000800. The van der Waals surface area contributed by atoms with Crippen molar-refractivity contribution in [1.82, 2.24) is 0 Å². The van der Waals surface area contributed by atoms with Gasteiger partial charge in [-0.05, 0) is 0 Å². The van der Waals surface area contributed by atoms with Gasteiger partial charge in [0.2, 0.25) is 0 Å². The SMILES string of the molecule is O=S(=O)([O-])[O-].[Ca+2].[Cd+2].[Cr+3].[Cu+2].[Zn+2]. The molecule has 0 aliphatic heterocycles. The van der Waals surface area contributed by atoms with Crippen molar-refractivity contribution in [2.75, 3.05) is 0 Å². The van der Waals surface area contributed by atoms with E-state index in [1.54, 1.807) is 0 Å². The van der Waals surface area contributed by atoms with Crippen LogP contribution in [0.1, 0.15) is 0 Å². The second-order valence-corrected chi connectivity index (χ2v) is 1.22. The molecule has 0 aromatic heterocycles. The predicted molar refractivity (Wildman–Crippen MR) is 16.2 cm³/mol. The minimum absolute atomic E-state index is 0. The molecule has 0 aliphatic carbocycles. The van der Waals surface area contributed by atoms with E-state index in [1.165, 1.54) is 0 Å². The van der Waals surface area contributed by atoms with Gasteiger partial charge in [0, 0.05) is 10.4 Å². The maximum absolute atomic E-state index is 8.52. The summed E-state index contributed by atoms with van der Waals surface area (Å²) in [5, 5.41) is 0. The molecule has 10 heteroatoms. The van der Waals surface area contributed by atoms with Gasteiger partial charge in [-0.15, -0.1) is 0 Å². The Morgan fingerprint density at radius 3 is 1.10 bits per heavy atom. The summed E-state index contributed by atoms with van der Waals surface area (Å²) in [6.07, 6.45) is 0. The second-order valence-electron chi connectivity index (χ2n) is 0.408. The fraction of sp³-hybridized carbons (Fsp3) is 0. The van der Waals surface area contributed by atoms with E-state index in [0.717, 1.165) is 0 Å². The third-order valence-corrected chi connectivity index (χ3v) is 0.